The molecular weight excluding hydrogens is 414 g/mol. The molecule has 0 unspecified atom stereocenters. The second kappa shape index (κ2) is 9.18. The molecule has 1 aromatic heterocycles. The lowest BCUT2D eigenvalue weighted by molar-refractivity contribution is -0.122. The molecule has 0 fully saturated rings. The van der Waals surface area contributed by atoms with Gasteiger partial charge in [-0.2, -0.15) is 0 Å². The van der Waals surface area contributed by atoms with E-state index in [9.17, 15) is 14.7 Å². The van der Waals surface area contributed by atoms with Crippen LogP contribution in [0.5, 0.6) is 0 Å². The molecule has 0 aliphatic rings. The van der Waals surface area contributed by atoms with Crippen LogP contribution in [0.4, 0.5) is 10.5 Å². The monoisotopic (exact) mass is 437 g/mol. The summed E-state index contributed by atoms with van der Waals surface area (Å²) in [7, 11) is 0. The maximum atomic E-state index is 13.3. The lowest BCUT2D eigenvalue weighted by atomic mass is 9.97. The number of halogens is 1. The molecule has 7 heteroatoms. The Labute approximate surface area is 186 Å². The lowest BCUT2D eigenvalue weighted by Crippen LogP contribution is -2.50. The zero-order valence-electron chi connectivity index (χ0n) is 17.5. The maximum absolute atomic E-state index is 13.3. The summed E-state index contributed by atoms with van der Waals surface area (Å²) in [6, 6.07) is 16.8. The smallest absolute Gasteiger partial charge is 0.408 e. The van der Waals surface area contributed by atoms with Crippen LogP contribution in [0.3, 0.4) is 0 Å². The normalized spacial score (nSPS) is 12.1. The van der Waals surface area contributed by atoms with Gasteiger partial charge in [-0.3, -0.25) is 14.7 Å². The number of amides is 2. The van der Waals surface area contributed by atoms with E-state index in [2.05, 4.69) is 10.3 Å². The van der Waals surface area contributed by atoms with Gasteiger partial charge in [0.05, 0.1) is 0 Å². The quantitative estimate of drug-likeness (QED) is 0.523. The standard InChI is InChI=1S/C24H24ClN3O3/c1-24(2,3)28(23(30)31)21(19-6-4-5-7-20(19)25)22(29)27-18-10-8-16(9-11-18)17-12-14-26-15-13-17/h4-15,21H,1-3H3,(H,27,29)(H,30,31)/t21-/m0/s1. The van der Waals surface area contributed by atoms with Gasteiger partial charge < -0.3 is 10.4 Å². The maximum Gasteiger partial charge on any atom is 0.408 e. The van der Waals surface area contributed by atoms with E-state index in [0.717, 1.165) is 16.0 Å². The molecule has 31 heavy (non-hydrogen) atoms. The van der Waals surface area contributed by atoms with Crippen molar-refractivity contribution < 1.29 is 14.7 Å². The molecule has 3 rings (SSSR count). The predicted molar refractivity (Wildman–Crippen MR) is 122 cm³/mol. The van der Waals surface area contributed by atoms with Gasteiger partial charge in [-0.05, 0) is 62.2 Å². The van der Waals surface area contributed by atoms with Crippen LogP contribution in [0.2, 0.25) is 5.02 Å². The molecule has 0 saturated heterocycles. The van der Waals surface area contributed by atoms with Crippen molar-refractivity contribution in [2.24, 2.45) is 0 Å². The minimum atomic E-state index is -1.21. The van der Waals surface area contributed by atoms with Gasteiger partial charge in [0.15, 0.2) is 0 Å². The Hall–Kier alpha value is -3.38. The SMILES string of the molecule is CC(C)(C)N(C(=O)O)[C@H](C(=O)Nc1ccc(-c2ccncc2)cc1)c1ccccc1Cl. The molecule has 0 bridgehead atoms. The Morgan fingerprint density at radius 1 is 0.968 bits per heavy atom. The first kappa shape index (κ1) is 22.3. The number of carboxylic acid groups (broad SMARTS) is 1. The second-order valence-electron chi connectivity index (χ2n) is 8.05. The van der Waals surface area contributed by atoms with Crippen LogP contribution in [0, 0.1) is 0 Å². The molecule has 3 aromatic rings. The fraction of sp³-hybridized carbons (Fsp3) is 0.208. The number of rotatable bonds is 5. The van der Waals surface area contributed by atoms with Gasteiger partial charge in [0.2, 0.25) is 0 Å². The van der Waals surface area contributed by atoms with E-state index < -0.39 is 23.6 Å². The molecule has 6 nitrogen and oxygen atoms in total. The number of hydrogen-bond donors (Lipinski definition) is 2. The van der Waals surface area contributed by atoms with Crippen molar-refractivity contribution in [3.63, 3.8) is 0 Å². The Morgan fingerprint density at radius 2 is 1.55 bits per heavy atom. The Balaban J connectivity index is 1.93. The molecule has 2 aromatic carbocycles. The van der Waals surface area contributed by atoms with E-state index in [1.54, 1.807) is 69.6 Å². The van der Waals surface area contributed by atoms with E-state index in [1.807, 2.05) is 24.3 Å². The minimum absolute atomic E-state index is 0.325. The van der Waals surface area contributed by atoms with Gasteiger partial charge in [0.25, 0.3) is 5.91 Å². The van der Waals surface area contributed by atoms with Gasteiger partial charge in [-0.25, -0.2) is 4.79 Å². The third-order valence-electron chi connectivity index (χ3n) is 4.80. The summed E-state index contributed by atoms with van der Waals surface area (Å²) in [5.41, 5.74) is 2.13. The Kier molecular flexibility index (Phi) is 6.61. The first-order chi connectivity index (χ1) is 14.7. The summed E-state index contributed by atoms with van der Waals surface area (Å²) in [6.45, 7) is 5.21. The molecule has 0 spiro atoms. The number of hydrogen-bond acceptors (Lipinski definition) is 3. The number of anilines is 1. The van der Waals surface area contributed by atoms with Crippen LogP contribution in [0.15, 0.2) is 73.1 Å². The van der Waals surface area contributed by atoms with Crippen molar-refractivity contribution in [1.29, 1.82) is 0 Å². The lowest BCUT2D eigenvalue weighted by Gasteiger charge is -2.39. The summed E-state index contributed by atoms with van der Waals surface area (Å²) in [5.74, 6) is -0.484. The summed E-state index contributed by atoms with van der Waals surface area (Å²) in [6.07, 6.45) is 2.22. The van der Waals surface area contributed by atoms with E-state index in [0.29, 0.717) is 16.3 Å². The van der Waals surface area contributed by atoms with Crippen molar-refractivity contribution >= 4 is 29.3 Å². The van der Waals surface area contributed by atoms with Crippen molar-refractivity contribution in [1.82, 2.24) is 9.88 Å². The highest BCUT2D eigenvalue weighted by Crippen LogP contribution is 2.34. The number of pyridine rings is 1. The van der Waals surface area contributed by atoms with E-state index in [-0.39, 0.29) is 0 Å². The van der Waals surface area contributed by atoms with Crippen molar-refractivity contribution in [3.05, 3.63) is 83.6 Å². The van der Waals surface area contributed by atoms with Gasteiger partial charge in [0.1, 0.15) is 6.04 Å². The zero-order valence-corrected chi connectivity index (χ0v) is 18.3. The zero-order chi connectivity index (χ0) is 22.6. The topological polar surface area (TPSA) is 82.5 Å². The molecule has 160 valence electrons. The van der Waals surface area contributed by atoms with Crippen LogP contribution in [0.1, 0.15) is 32.4 Å². The van der Waals surface area contributed by atoms with Crippen molar-refractivity contribution in [2.75, 3.05) is 5.32 Å². The van der Waals surface area contributed by atoms with Crippen molar-refractivity contribution in [3.8, 4) is 11.1 Å². The molecule has 0 aliphatic heterocycles. The number of nitrogens with zero attached hydrogens (tertiary/aromatic N) is 2. The number of benzene rings is 2. The number of nitrogens with one attached hydrogen (secondary N) is 1. The highest BCUT2D eigenvalue weighted by molar-refractivity contribution is 6.31. The number of carbonyl (C=O) groups is 2. The third-order valence-corrected chi connectivity index (χ3v) is 5.15. The predicted octanol–water partition coefficient (Wildman–Crippen LogP) is 5.86. The molecule has 0 aliphatic carbocycles. The summed E-state index contributed by atoms with van der Waals surface area (Å²) in [4.78, 5) is 30.6. The van der Waals surface area contributed by atoms with Gasteiger partial charge in [-0.15, -0.1) is 0 Å². The molecule has 1 heterocycles. The first-order valence-electron chi connectivity index (χ1n) is 9.76. The largest absolute Gasteiger partial charge is 0.465 e. The summed E-state index contributed by atoms with van der Waals surface area (Å²) < 4.78 is 0. The highest BCUT2D eigenvalue weighted by atomic mass is 35.5. The average Bonchev–Trinajstić information content (AvgIpc) is 2.72. The van der Waals surface area contributed by atoms with Crippen LogP contribution in [-0.2, 0) is 4.79 Å². The van der Waals surface area contributed by atoms with Crippen LogP contribution >= 0.6 is 11.6 Å². The molecule has 2 N–H and O–H groups in total. The number of carbonyl (C=O) groups excluding carboxylic acids is 1. The van der Waals surface area contributed by atoms with Gasteiger partial charge in [0, 0.05) is 34.2 Å². The fourth-order valence-electron chi connectivity index (χ4n) is 3.38. The van der Waals surface area contributed by atoms with E-state index in [4.69, 9.17) is 11.6 Å². The average molecular weight is 438 g/mol. The molecule has 1 atom stereocenters. The van der Waals surface area contributed by atoms with Crippen LogP contribution < -0.4 is 5.32 Å². The molecule has 2 amide bonds. The highest BCUT2D eigenvalue weighted by Gasteiger charge is 2.39. The van der Waals surface area contributed by atoms with Crippen LogP contribution in [-0.4, -0.2) is 32.5 Å². The number of aromatic nitrogens is 1. The summed E-state index contributed by atoms with van der Waals surface area (Å²) in [5, 5.41) is 13.1. The van der Waals surface area contributed by atoms with Crippen LogP contribution in [0.25, 0.3) is 11.1 Å². The first-order valence-corrected chi connectivity index (χ1v) is 10.1. The molecular formula is C24H24ClN3O3. The fourth-order valence-corrected chi connectivity index (χ4v) is 3.62. The van der Waals surface area contributed by atoms with Crippen molar-refractivity contribution in [2.45, 2.75) is 32.4 Å². The second-order valence-corrected chi connectivity index (χ2v) is 8.46. The molecule has 0 radical (unpaired) electrons. The van der Waals surface area contributed by atoms with E-state index >= 15 is 0 Å². The van der Waals surface area contributed by atoms with E-state index in [1.165, 1.54) is 0 Å². The minimum Gasteiger partial charge on any atom is -0.465 e. The third kappa shape index (κ3) is 5.22. The van der Waals surface area contributed by atoms with Gasteiger partial charge >= 0.3 is 6.09 Å². The molecule has 0 saturated carbocycles. The Bertz CT molecular complexity index is 1060. The summed E-state index contributed by atoms with van der Waals surface area (Å²) >= 11 is 6.35. The Morgan fingerprint density at radius 3 is 2.10 bits per heavy atom. The van der Waals surface area contributed by atoms with Gasteiger partial charge in [-0.1, -0.05) is 41.9 Å².